The van der Waals surface area contributed by atoms with Crippen LogP contribution in [-0.2, 0) is 9.47 Å². The number of carbonyl (C=O) groups is 2. The molecule has 0 saturated carbocycles. The number of ether oxygens (including phenoxy) is 6. The lowest BCUT2D eigenvalue weighted by Crippen LogP contribution is -2.12. The molecule has 0 aliphatic rings. The number of aromatic nitrogens is 1. The Balaban J connectivity index is 0.000000739. The molecule has 14 heteroatoms. The first kappa shape index (κ1) is 44.7. The molecule has 0 fully saturated rings. The fourth-order valence-corrected chi connectivity index (χ4v) is 3.52. The highest BCUT2D eigenvalue weighted by atomic mass is 35.5. The number of methoxy groups -OCH3 is 2. The van der Waals surface area contributed by atoms with Crippen LogP contribution in [0.3, 0.4) is 0 Å². The summed E-state index contributed by atoms with van der Waals surface area (Å²) in [5.74, 6) is 4.50. The van der Waals surface area contributed by atoms with Crippen molar-refractivity contribution in [1.82, 2.24) is 4.98 Å². The molecule has 1 aromatic heterocycles. The van der Waals surface area contributed by atoms with E-state index < -0.39 is 11.5 Å². The van der Waals surface area contributed by atoms with Crippen molar-refractivity contribution >= 4 is 57.7 Å². The molecule has 278 valence electrons. The number of pyridine rings is 1. The molecule has 0 radical (unpaired) electrons. The van der Waals surface area contributed by atoms with Crippen LogP contribution in [0.15, 0.2) is 128 Å². The van der Waals surface area contributed by atoms with Crippen molar-refractivity contribution in [2.75, 3.05) is 43.8 Å². The van der Waals surface area contributed by atoms with Gasteiger partial charge in [-0.3, -0.25) is 10.3 Å². The summed E-state index contributed by atoms with van der Waals surface area (Å²) < 4.78 is 30.4. The van der Waals surface area contributed by atoms with Crippen LogP contribution in [0.5, 0.6) is 34.5 Å². The molecule has 0 aliphatic heterocycles. The maximum absolute atomic E-state index is 11.3. The van der Waals surface area contributed by atoms with Gasteiger partial charge in [-0.25, -0.2) is 9.59 Å². The maximum Gasteiger partial charge on any atom is 1.00 e. The number of hydrogen-bond donors (Lipinski definition) is 2. The van der Waals surface area contributed by atoms with Crippen LogP contribution >= 0.6 is 34.8 Å². The normalized spacial score (nSPS) is 9.13. The number of nitrogen functional groups attached to an aromatic ring is 1. The van der Waals surface area contributed by atoms with Gasteiger partial charge in [-0.1, -0.05) is 6.07 Å². The van der Waals surface area contributed by atoms with Crippen LogP contribution in [0.2, 0.25) is 0 Å². The second kappa shape index (κ2) is 28.3. The predicted octanol–water partition coefficient (Wildman–Crippen LogP) is 11.1. The van der Waals surface area contributed by atoms with Crippen LogP contribution in [0.25, 0.3) is 0 Å². The van der Waals surface area contributed by atoms with Crippen molar-refractivity contribution in [2.24, 2.45) is 0 Å². The lowest BCUT2D eigenvalue weighted by atomic mass is 10.3. The summed E-state index contributed by atoms with van der Waals surface area (Å²) in [5.41, 5.74) is 6.22. The van der Waals surface area contributed by atoms with Crippen molar-refractivity contribution in [1.29, 1.82) is 0 Å². The molecule has 0 atom stereocenters. The number of rotatable bonds is 9. The van der Waals surface area contributed by atoms with Gasteiger partial charge < -0.3 is 34.2 Å². The number of amides is 1. The van der Waals surface area contributed by atoms with E-state index in [1.165, 1.54) is 0 Å². The van der Waals surface area contributed by atoms with Crippen molar-refractivity contribution < 1.29 is 39.4 Å². The quantitative estimate of drug-likeness (QED) is 0.0844. The van der Waals surface area contributed by atoms with Crippen molar-refractivity contribution in [3.63, 3.8) is 0 Å². The van der Waals surface area contributed by atoms with Crippen LogP contribution in [0.4, 0.5) is 21.0 Å². The van der Waals surface area contributed by atoms with E-state index in [0.717, 1.165) is 28.7 Å². The number of carbonyl (C=O) groups excluding carboxylic acids is 2. The Morgan fingerprint density at radius 2 is 1.00 bits per heavy atom. The molecule has 0 unspecified atom stereocenters. The highest BCUT2D eigenvalue weighted by Crippen LogP contribution is 2.26. The SMILES string of the molecule is CCOC(=O)Cl.CCOC(=O)Nc1ccc(Oc2ccc(OC)cc2)cc1.COc1ccc(Oc2ccc(N)cc2)cc1.ClCCl.[H+].c1ccncc1. The average molecular weight is 776 g/mol. The molecule has 11 nitrogen and oxygen atoms in total. The van der Waals surface area contributed by atoms with Gasteiger partial charge in [0.25, 0.3) is 0 Å². The Labute approximate surface area is 320 Å². The first-order valence-corrected chi connectivity index (χ1v) is 16.9. The molecule has 52 heavy (non-hydrogen) atoms. The molecule has 5 rings (SSSR count). The van der Waals surface area contributed by atoms with E-state index in [1.54, 1.807) is 76.9 Å². The van der Waals surface area contributed by atoms with Gasteiger partial charge in [-0.2, -0.15) is 0 Å². The van der Waals surface area contributed by atoms with Gasteiger partial charge in [0.2, 0.25) is 0 Å². The molecule has 0 spiro atoms. The number of nitrogens with zero attached hydrogens (tertiary/aromatic N) is 1. The van der Waals surface area contributed by atoms with E-state index in [4.69, 9.17) is 64.2 Å². The molecule has 0 saturated heterocycles. The monoisotopic (exact) mass is 774 g/mol. The van der Waals surface area contributed by atoms with Gasteiger partial charge in [0.05, 0.1) is 32.8 Å². The molecule has 5 aromatic rings. The molecule has 0 bridgehead atoms. The second-order valence-corrected chi connectivity index (χ2v) is 10.4. The Morgan fingerprint density at radius 3 is 1.29 bits per heavy atom. The minimum atomic E-state index is -0.738. The zero-order chi connectivity index (χ0) is 38.4. The maximum atomic E-state index is 11.3. The predicted molar refractivity (Wildman–Crippen MR) is 209 cm³/mol. The molecule has 3 N–H and O–H groups in total. The number of anilines is 2. The number of benzene rings is 4. The summed E-state index contributed by atoms with van der Waals surface area (Å²) >= 11 is 14.2. The molecule has 1 heterocycles. The number of hydrogen-bond acceptors (Lipinski definition) is 10. The Morgan fingerprint density at radius 1 is 0.635 bits per heavy atom. The van der Waals surface area contributed by atoms with E-state index in [2.05, 4.69) is 15.0 Å². The van der Waals surface area contributed by atoms with Gasteiger partial charge in [0.1, 0.15) is 34.5 Å². The summed E-state index contributed by atoms with van der Waals surface area (Å²) in [6.07, 6.45) is 3.03. The number of nitrogens with one attached hydrogen (secondary N) is 1. The standard InChI is InChI=1S/C16H17NO4.C13H13NO2.C5H5N.C3H5ClO2.CH2Cl2/c1-3-20-16(18)17-12-4-6-14(7-5-12)21-15-10-8-13(19-2)9-11-15;1-15-11-6-8-13(9-7-11)16-12-4-2-10(14)3-5-12;1-2-4-6-5-3-1;1-2-6-3(4)5;2-1-3/h4-11H,3H2,1-2H3,(H,17,18);2-9H,14H2,1H3;1-5H;2H2,1H3;1H2/p+1. The van der Waals surface area contributed by atoms with E-state index in [9.17, 15) is 9.59 Å². The lowest BCUT2D eigenvalue weighted by Gasteiger charge is -2.08. The van der Waals surface area contributed by atoms with E-state index >= 15 is 0 Å². The fourth-order valence-electron chi connectivity index (χ4n) is 3.41. The van der Waals surface area contributed by atoms with Crippen molar-refractivity contribution in [3.8, 4) is 34.5 Å². The van der Waals surface area contributed by atoms with Crippen molar-refractivity contribution in [2.45, 2.75) is 13.8 Å². The highest BCUT2D eigenvalue weighted by molar-refractivity contribution is 6.61. The average Bonchev–Trinajstić information content (AvgIpc) is 3.16. The third-order valence-electron chi connectivity index (χ3n) is 5.67. The Bertz CT molecular complexity index is 1610. The van der Waals surface area contributed by atoms with Gasteiger partial charge >= 0.3 is 12.9 Å². The van der Waals surface area contributed by atoms with Crippen LogP contribution in [-0.4, -0.2) is 49.3 Å². The van der Waals surface area contributed by atoms with Crippen LogP contribution < -0.4 is 30.0 Å². The summed E-state index contributed by atoms with van der Waals surface area (Å²) in [4.78, 5) is 24.6. The summed E-state index contributed by atoms with van der Waals surface area (Å²) in [5, 5.41) is 2.81. The molecule has 4 aromatic carbocycles. The van der Waals surface area contributed by atoms with Crippen LogP contribution in [0.1, 0.15) is 15.3 Å². The Kier molecular flexibility index (Phi) is 24.3. The topological polar surface area (TPSA) is 140 Å². The van der Waals surface area contributed by atoms with E-state index in [-0.39, 0.29) is 6.77 Å². The lowest BCUT2D eigenvalue weighted by molar-refractivity contribution is 0.168. The van der Waals surface area contributed by atoms with E-state index in [1.807, 2.05) is 78.9 Å². The van der Waals surface area contributed by atoms with Gasteiger partial charge in [0.15, 0.2) is 0 Å². The third kappa shape index (κ3) is 21.7. The highest BCUT2D eigenvalue weighted by Gasteiger charge is 2.03. The molecular formula is C38H43Cl3N3O8+. The minimum absolute atomic E-state index is 0. The number of alkyl halides is 2. The summed E-state index contributed by atoms with van der Waals surface area (Å²) in [6.45, 7) is 4.14. The zero-order valence-corrected chi connectivity index (χ0v) is 31.4. The van der Waals surface area contributed by atoms with Gasteiger partial charge in [-0.05, 0) is 123 Å². The fraction of sp³-hybridized carbons (Fsp3) is 0.184. The third-order valence-corrected chi connectivity index (χ3v) is 5.78. The molecule has 0 aliphatic carbocycles. The molecular weight excluding hydrogens is 733 g/mol. The largest absolute Gasteiger partial charge is 1.00 e. The van der Waals surface area contributed by atoms with Crippen molar-refractivity contribution in [3.05, 3.63) is 128 Å². The van der Waals surface area contributed by atoms with E-state index in [0.29, 0.717) is 30.4 Å². The number of halogens is 3. The molecule has 1 amide bonds. The minimum Gasteiger partial charge on any atom is -0.497 e. The first-order valence-electron chi connectivity index (χ1n) is 15.5. The van der Waals surface area contributed by atoms with Gasteiger partial charge in [0, 0.05) is 35.4 Å². The first-order chi connectivity index (χ1) is 25.2. The smallest absolute Gasteiger partial charge is 0.497 e. The second-order valence-electron chi connectivity index (χ2n) is 9.29. The van der Waals surface area contributed by atoms with Crippen LogP contribution in [0, 0.1) is 0 Å². The Hall–Kier alpha value is -5.36. The summed E-state index contributed by atoms with van der Waals surface area (Å²) in [6, 6.07) is 34.7. The summed E-state index contributed by atoms with van der Waals surface area (Å²) in [7, 11) is 3.25. The van der Waals surface area contributed by atoms with Gasteiger partial charge in [-0.15, -0.1) is 23.2 Å². The zero-order valence-electron chi connectivity index (χ0n) is 30.2. The number of nitrogens with two attached hydrogens (primary N) is 1.